The van der Waals surface area contributed by atoms with Crippen molar-refractivity contribution in [1.82, 2.24) is 0 Å². The minimum atomic E-state index is 0.0170. The molecule has 0 fully saturated rings. The van der Waals surface area contributed by atoms with E-state index in [9.17, 15) is 4.79 Å². The lowest BCUT2D eigenvalue weighted by molar-refractivity contribution is -0.117. The molecule has 16 heavy (non-hydrogen) atoms. The number of nitrogens with one attached hydrogen (secondary N) is 1. The Morgan fingerprint density at radius 2 is 2.25 bits per heavy atom. The zero-order valence-electron chi connectivity index (χ0n) is 9.59. The standard InChI is InChI=1S/C12H17BrN2O/c1-3-8(2)6-12(16)15-11-5-4-9(13)7-10(11)14/h4-5,7-8H,3,6,14H2,1-2H3,(H,15,16). The third-order valence-electron chi connectivity index (χ3n) is 2.52. The van der Waals surface area contributed by atoms with E-state index < -0.39 is 0 Å². The van der Waals surface area contributed by atoms with Crippen LogP contribution in [0.5, 0.6) is 0 Å². The van der Waals surface area contributed by atoms with Gasteiger partial charge in [0.25, 0.3) is 0 Å². The Balaban J connectivity index is 2.63. The summed E-state index contributed by atoms with van der Waals surface area (Å²) in [6.07, 6.45) is 1.54. The fourth-order valence-electron chi connectivity index (χ4n) is 1.31. The first-order chi connectivity index (χ1) is 7.52. The number of hydrogen-bond donors (Lipinski definition) is 2. The fraction of sp³-hybridized carbons (Fsp3) is 0.417. The molecule has 3 nitrogen and oxygen atoms in total. The Morgan fingerprint density at radius 3 is 2.81 bits per heavy atom. The van der Waals surface area contributed by atoms with E-state index in [0.29, 0.717) is 23.7 Å². The zero-order valence-corrected chi connectivity index (χ0v) is 11.2. The van der Waals surface area contributed by atoms with E-state index in [1.165, 1.54) is 0 Å². The van der Waals surface area contributed by atoms with E-state index in [1.54, 1.807) is 12.1 Å². The highest BCUT2D eigenvalue weighted by Gasteiger charge is 2.09. The maximum atomic E-state index is 11.6. The van der Waals surface area contributed by atoms with E-state index in [4.69, 9.17) is 5.73 Å². The number of carbonyl (C=O) groups is 1. The van der Waals surface area contributed by atoms with Gasteiger partial charge in [-0.2, -0.15) is 0 Å². The minimum absolute atomic E-state index is 0.0170. The Kier molecular flexibility index (Phi) is 4.80. The zero-order chi connectivity index (χ0) is 12.1. The van der Waals surface area contributed by atoms with Gasteiger partial charge in [0.1, 0.15) is 0 Å². The number of nitrogen functional groups attached to an aromatic ring is 1. The molecule has 0 spiro atoms. The Bertz CT molecular complexity index is 379. The molecule has 88 valence electrons. The lowest BCUT2D eigenvalue weighted by Crippen LogP contribution is -2.15. The molecule has 0 aromatic heterocycles. The van der Waals surface area contributed by atoms with Gasteiger partial charge >= 0.3 is 0 Å². The van der Waals surface area contributed by atoms with Gasteiger partial charge in [-0.15, -0.1) is 0 Å². The highest BCUT2D eigenvalue weighted by atomic mass is 79.9. The predicted octanol–water partition coefficient (Wildman–Crippen LogP) is 3.41. The molecule has 1 atom stereocenters. The topological polar surface area (TPSA) is 55.1 Å². The maximum absolute atomic E-state index is 11.6. The van der Waals surface area contributed by atoms with E-state index >= 15 is 0 Å². The summed E-state index contributed by atoms with van der Waals surface area (Å²) in [5.41, 5.74) is 7.04. The van der Waals surface area contributed by atoms with Crippen molar-refractivity contribution >= 4 is 33.2 Å². The van der Waals surface area contributed by atoms with Gasteiger partial charge in [-0.3, -0.25) is 4.79 Å². The quantitative estimate of drug-likeness (QED) is 0.833. The van der Waals surface area contributed by atoms with E-state index in [1.807, 2.05) is 6.07 Å². The number of nitrogens with two attached hydrogens (primary N) is 1. The molecule has 0 bridgehead atoms. The Morgan fingerprint density at radius 1 is 1.56 bits per heavy atom. The molecule has 0 radical (unpaired) electrons. The molecule has 1 aromatic rings. The molecule has 0 heterocycles. The van der Waals surface area contributed by atoms with Crippen molar-refractivity contribution in [2.75, 3.05) is 11.1 Å². The normalized spacial score (nSPS) is 12.2. The van der Waals surface area contributed by atoms with Crippen LogP contribution in [0.15, 0.2) is 22.7 Å². The number of rotatable bonds is 4. The van der Waals surface area contributed by atoms with Gasteiger partial charge in [0.05, 0.1) is 11.4 Å². The third kappa shape index (κ3) is 3.85. The van der Waals surface area contributed by atoms with Crippen molar-refractivity contribution in [3.05, 3.63) is 22.7 Å². The van der Waals surface area contributed by atoms with Gasteiger partial charge in [0.15, 0.2) is 0 Å². The lowest BCUT2D eigenvalue weighted by Gasteiger charge is -2.11. The Hall–Kier alpha value is -1.03. The monoisotopic (exact) mass is 284 g/mol. The summed E-state index contributed by atoms with van der Waals surface area (Å²) in [6, 6.07) is 5.43. The second kappa shape index (κ2) is 5.89. The summed E-state index contributed by atoms with van der Waals surface area (Å²) in [4.78, 5) is 11.6. The number of amides is 1. The SMILES string of the molecule is CCC(C)CC(=O)Nc1ccc(Br)cc1N. The van der Waals surface area contributed by atoms with Crippen LogP contribution in [-0.4, -0.2) is 5.91 Å². The lowest BCUT2D eigenvalue weighted by atomic mass is 10.1. The number of hydrogen-bond acceptors (Lipinski definition) is 2. The summed E-state index contributed by atoms with van der Waals surface area (Å²) in [7, 11) is 0. The maximum Gasteiger partial charge on any atom is 0.224 e. The summed E-state index contributed by atoms with van der Waals surface area (Å²) >= 11 is 3.32. The van der Waals surface area contributed by atoms with Gasteiger partial charge in [0.2, 0.25) is 5.91 Å². The van der Waals surface area contributed by atoms with Crippen molar-refractivity contribution in [3.63, 3.8) is 0 Å². The number of halogens is 1. The van der Waals surface area contributed by atoms with Crippen LogP contribution in [0.2, 0.25) is 0 Å². The van der Waals surface area contributed by atoms with E-state index in [0.717, 1.165) is 10.9 Å². The average molecular weight is 285 g/mol. The summed E-state index contributed by atoms with van der Waals surface area (Å²) in [5, 5.41) is 2.82. The van der Waals surface area contributed by atoms with E-state index in [2.05, 4.69) is 35.1 Å². The van der Waals surface area contributed by atoms with Crippen LogP contribution in [0, 0.1) is 5.92 Å². The molecule has 0 aliphatic rings. The number of benzene rings is 1. The second-order valence-electron chi connectivity index (χ2n) is 4.00. The molecule has 1 amide bonds. The fourth-order valence-corrected chi connectivity index (χ4v) is 1.69. The molecule has 0 saturated carbocycles. The van der Waals surface area contributed by atoms with Crippen LogP contribution in [-0.2, 0) is 4.79 Å². The third-order valence-corrected chi connectivity index (χ3v) is 3.01. The van der Waals surface area contributed by atoms with E-state index in [-0.39, 0.29) is 5.91 Å². The van der Waals surface area contributed by atoms with Crippen molar-refractivity contribution in [2.45, 2.75) is 26.7 Å². The van der Waals surface area contributed by atoms with Crippen LogP contribution >= 0.6 is 15.9 Å². The Labute approximate surface area is 105 Å². The van der Waals surface area contributed by atoms with Crippen LogP contribution in [0.25, 0.3) is 0 Å². The van der Waals surface area contributed by atoms with Crippen molar-refractivity contribution in [2.24, 2.45) is 5.92 Å². The first kappa shape index (κ1) is 13.0. The molecule has 0 saturated heterocycles. The van der Waals surface area contributed by atoms with Gasteiger partial charge in [-0.1, -0.05) is 36.2 Å². The largest absolute Gasteiger partial charge is 0.397 e. The van der Waals surface area contributed by atoms with Crippen LogP contribution < -0.4 is 11.1 Å². The molecule has 3 N–H and O–H groups in total. The summed E-state index contributed by atoms with van der Waals surface area (Å²) in [5.74, 6) is 0.417. The summed E-state index contributed by atoms with van der Waals surface area (Å²) < 4.78 is 0.907. The highest BCUT2D eigenvalue weighted by molar-refractivity contribution is 9.10. The molecule has 0 aliphatic heterocycles. The average Bonchev–Trinajstić information content (AvgIpc) is 2.22. The van der Waals surface area contributed by atoms with Crippen molar-refractivity contribution in [3.8, 4) is 0 Å². The highest BCUT2D eigenvalue weighted by Crippen LogP contribution is 2.23. The molecular formula is C12H17BrN2O. The van der Waals surface area contributed by atoms with Gasteiger partial charge in [-0.25, -0.2) is 0 Å². The number of carbonyl (C=O) groups excluding carboxylic acids is 1. The first-order valence-corrected chi connectivity index (χ1v) is 6.17. The first-order valence-electron chi connectivity index (χ1n) is 5.37. The summed E-state index contributed by atoms with van der Waals surface area (Å²) in [6.45, 7) is 4.14. The molecule has 1 unspecified atom stereocenters. The van der Waals surface area contributed by atoms with Crippen molar-refractivity contribution < 1.29 is 4.79 Å². The van der Waals surface area contributed by atoms with Crippen LogP contribution in [0.1, 0.15) is 26.7 Å². The minimum Gasteiger partial charge on any atom is -0.397 e. The van der Waals surface area contributed by atoms with Crippen LogP contribution in [0.4, 0.5) is 11.4 Å². The molecule has 1 rings (SSSR count). The molecule has 4 heteroatoms. The van der Waals surface area contributed by atoms with Gasteiger partial charge in [-0.05, 0) is 24.1 Å². The van der Waals surface area contributed by atoms with Crippen LogP contribution in [0.3, 0.4) is 0 Å². The van der Waals surface area contributed by atoms with Crippen molar-refractivity contribution in [1.29, 1.82) is 0 Å². The number of anilines is 2. The smallest absolute Gasteiger partial charge is 0.224 e. The van der Waals surface area contributed by atoms with Gasteiger partial charge < -0.3 is 11.1 Å². The second-order valence-corrected chi connectivity index (χ2v) is 4.91. The molecule has 1 aromatic carbocycles. The van der Waals surface area contributed by atoms with Gasteiger partial charge in [0, 0.05) is 10.9 Å². The predicted molar refractivity (Wildman–Crippen MR) is 71.3 cm³/mol. The molecule has 0 aliphatic carbocycles. The molecular weight excluding hydrogens is 268 g/mol.